The van der Waals surface area contributed by atoms with Crippen LogP contribution >= 0.6 is 0 Å². The number of anilines is 2. The van der Waals surface area contributed by atoms with Crippen molar-refractivity contribution in [3.8, 4) is 0 Å². The molecule has 1 fully saturated rings. The number of benzene rings is 3. The normalized spacial score (nSPS) is 16.6. The van der Waals surface area contributed by atoms with Crippen LogP contribution in [0.15, 0.2) is 97.3 Å². The Balaban J connectivity index is 1.31. The van der Waals surface area contributed by atoms with Gasteiger partial charge in [-0.2, -0.15) is 0 Å². The van der Waals surface area contributed by atoms with E-state index in [0.29, 0.717) is 28.1 Å². The lowest BCUT2D eigenvalue weighted by Crippen LogP contribution is -2.29. The predicted octanol–water partition coefficient (Wildman–Crippen LogP) is 6.88. The number of likely N-dealkylation sites (tertiary alicyclic amines) is 1. The number of piperidine rings is 1. The highest BCUT2D eigenvalue weighted by atomic mass is 16.2. The van der Waals surface area contributed by atoms with Crippen LogP contribution in [0.4, 0.5) is 11.4 Å². The molecule has 0 saturated carbocycles. The van der Waals surface area contributed by atoms with Crippen LogP contribution in [0.3, 0.4) is 0 Å². The second kappa shape index (κ2) is 13.0. The van der Waals surface area contributed by atoms with Gasteiger partial charge in [-0.1, -0.05) is 55.8 Å². The van der Waals surface area contributed by atoms with Crippen LogP contribution in [0, 0.1) is 0 Å². The van der Waals surface area contributed by atoms with Gasteiger partial charge < -0.3 is 16.0 Å². The van der Waals surface area contributed by atoms with Crippen LogP contribution in [0.1, 0.15) is 71.3 Å². The summed E-state index contributed by atoms with van der Waals surface area (Å²) in [6.07, 6.45) is 8.07. The molecule has 218 valence electrons. The molecule has 3 N–H and O–H groups in total. The number of hydrogen-bond acceptors (Lipinski definition) is 5. The second-order valence-corrected chi connectivity index (χ2v) is 11.2. The molecule has 1 atom stereocenters. The highest BCUT2D eigenvalue weighted by molar-refractivity contribution is 6.37. The van der Waals surface area contributed by atoms with Gasteiger partial charge in [-0.3, -0.25) is 19.5 Å². The molecule has 0 radical (unpaired) electrons. The van der Waals surface area contributed by atoms with E-state index >= 15 is 0 Å². The summed E-state index contributed by atoms with van der Waals surface area (Å²) in [5.41, 5.74) is 6.94. The largest absolute Gasteiger partial charge is 0.354 e. The first kappa shape index (κ1) is 28.4. The Morgan fingerprint density at radius 3 is 2.44 bits per heavy atom. The fraction of sp³-hybridized carbons (Fsp3) is 0.250. The van der Waals surface area contributed by atoms with E-state index in [2.05, 4.69) is 57.0 Å². The van der Waals surface area contributed by atoms with Gasteiger partial charge in [0.25, 0.3) is 11.8 Å². The van der Waals surface area contributed by atoms with Crippen molar-refractivity contribution in [2.75, 3.05) is 23.7 Å². The molecule has 2 aliphatic heterocycles. The average Bonchev–Trinajstić information content (AvgIpc) is 3.39. The summed E-state index contributed by atoms with van der Waals surface area (Å²) in [4.78, 5) is 33.7. The molecule has 43 heavy (non-hydrogen) atoms. The van der Waals surface area contributed by atoms with Crippen molar-refractivity contribution in [1.82, 2.24) is 15.2 Å². The summed E-state index contributed by atoms with van der Waals surface area (Å²) < 4.78 is 0. The lowest BCUT2D eigenvalue weighted by atomic mass is 9.98. The number of pyridine rings is 1. The molecular weight excluding hydrogens is 534 g/mol. The van der Waals surface area contributed by atoms with E-state index in [1.165, 1.54) is 24.8 Å². The Bertz CT molecular complexity index is 1610. The zero-order chi connectivity index (χ0) is 29.6. The number of carbonyl (C=O) groups is 2. The summed E-state index contributed by atoms with van der Waals surface area (Å²) in [6, 6.07) is 27.4. The highest BCUT2D eigenvalue weighted by Crippen LogP contribution is 2.38. The van der Waals surface area contributed by atoms with E-state index in [1.54, 1.807) is 30.6 Å². The molecule has 2 amide bonds. The lowest BCUT2D eigenvalue weighted by molar-refractivity contribution is -0.110. The van der Waals surface area contributed by atoms with Gasteiger partial charge in [-0.25, -0.2) is 0 Å². The van der Waals surface area contributed by atoms with Crippen LogP contribution in [0.5, 0.6) is 0 Å². The molecule has 3 aromatic carbocycles. The third-order valence-electron chi connectivity index (χ3n) is 8.22. The van der Waals surface area contributed by atoms with Gasteiger partial charge in [0.1, 0.15) is 0 Å². The SMILES string of the molecule is CCC(NC(=O)c1ccc2c(c1)/C(=C(/Nc1ccc(CN3CCCCC3)cc1)c1cccnc1)C(=O)N2)c1ccccc1. The van der Waals surface area contributed by atoms with Crippen LogP contribution in [0.25, 0.3) is 11.3 Å². The minimum Gasteiger partial charge on any atom is -0.354 e. The maximum absolute atomic E-state index is 13.5. The molecule has 7 nitrogen and oxygen atoms in total. The van der Waals surface area contributed by atoms with Gasteiger partial charge in [-0.05, 0) is 85.9 Å². The Hall–Kier alpha value is -4.75. The van der Waals surface area contributed by atoms with E-state index < -0.39 is 0 Å². The summed E-state index contributed by atoms with van der Waals surface area (Å²) in [7, 11) is 0. The summed E-state index contributed by atoms with van der Waals surface area (Å²) in [6.45, 7) is 5.30. The van der Waals surface area contributed by atoms with Crippen LogP contribution in [-0.2, 0) is 11.3 Å². The molecule has 4 aromatic rings. The first-order chi connectivity index (χ1) is 21.1. The molecule has 1 unspecified atom stereocenters. The van der Waals surface area contributed by atoms with E-state index in [0.717, 1.165) is 42.9 Å². The van der Waals surface area contributed by atoms with E-state index in [9.17, 15) is 9.59 Å². The molecule has 6 rings (SSSR count). The smallest absolute Gasteiger partial charge is 0.258 e. The Morgan fingerprint density at radius 2 is 1.72 bits per heavy atom. The van der Waals surface area contributed by atoms with Crippen molar-refractivity contribution in [3.05, 3.63) is 125 Å². The molecule has 1 saturated heterocycles. The quantitative estimate of drug-likeness (QED) is 0.191. The van der Waals surface area contributed by atoms with Gasteiger partial charge in [0.15, 0.2) is 0 Å². The molecule has 3 heterocycles. The lowest BCUT2D eigenvalue weighted by Gasteiger charge is -2.26. The fourth-order valence-corrected chi connectivity index (χ4v) is 5.91. The van der Waals surface area contributed by atoms with Gasteiger partial charge in [0.05, 0.1) is 17.3 Å². The number of nitrogens with one attached hydrogen (secondary N) is 3. The summed E-state index contributed by atoms with van der Waals surface area (Å²) in [5.74, 6) is -0.409. The number of amides is 2. The number of aromatic nitrogens is 1. The fourth-order valence-electron chi connectivity index (χ4n) is 5.91. The standard InChI is InChI=1S/C36H37N5O2/c1-2-31(26-10-5-3-6-11-26)39-35(42)27-15-18-32-30(22-27)33(36(43)40-32)34(28-12-9-19-37-23-28)38-29-16-13-25(14-17-29)24-41-20-7-4-8-21-41/h3,5-6,9-19,22-23,31,38H,2,4,7-8,20-21,24H2,1H3,(H,39,42)(H,40,43)/b34-33-. The minimum atomic E-state index is -0.226. The van der Waals surface area contributed by atoms with E-state index in [-0.39, 0.29) is 17.9 Å². The molecular formula is C36H37N5O2. The van der Waals surface area contributed by atoms with Crippen LogP contribution in [0.2, 0.25) is 0 Å². The van der Waals surface area contributed by atoms with Gasteiger partial charge in [0.2, 0.25) is 0 Å². The summed E-state index contributed by atoms with van der Waals surface area (Å²) in [5, 5.41) is 9.67. The average molecular weight is 572 g/mol. The Kier molecular flexibility index (Phi) is 8.61. The Labute approximate surface area is 253 Å². The third-order valence-corrected chi connectivity index (χ3v) is 8.22. The van der Waals surface area contributed by atoms with Crippen molar-refractivity contribution >= 4 is 34.5 Å². The Morgan fingerprint density at radius 1 is 0.930 bits per heavy atom. The van der Waals surface area contributed by atoms with Crippen molar-refractivity contribution in [3.63, 3.8) is 0 Å². The van der Waals surface area contributed by atoms with Crippen molar-refractivity contribution in [2.24, 2.45) is 0 Å². The van der Waals surface area contributed by atoms with E-state index in [1.807, 2.05) is 42.5 Å². The van der Waals surface area contributed by atoms with Crippen LogP contribution in [-0.4, -0.2) is 34.8 Å². The first-order valence-corrected chi connectivity index (χ1v) is 15.1. The number of rotatable bonds is 9. The third kappa shape index (κ3) is 6.52. The zero-order valence-electron chi connectivity index (χ0n) is 24.5. The number of nitrogens with zero attached hydrogens (tertiary/aromatic N) is 2. The number of fused-ring (bicyclic) bond motifs is 1. The summed E-state index contributed by atoms with van der Waals surface area (Å²) >= 11 is 0. The predicted molar refractivity (Wildman–Crippen MR) is 172 cm³/mol. The van der Waals surface area contributed by atoms with Crippen LogP contribution < -0.4 is 16.0 Å². The van der Waals surface area contributed by atoms with Gasteiger partial charge in [0, 0.05) is 47.0 Å². The number of carbonyl (C=O) groups excluding carboxylic acids is 2. The number of hydrogen-bond donors (Lipinski definition) is 3. The van der Waals surface area contributed by atoms with Gasteiger partial charge >= 0.3 is 0 Å². The second-order valence-electron chi connectivity index (χ2n) is 11.2. The van der Waals surface area contributed by atoms with Gasteiger partial charge in [-0.15, -0.1) is 0 Å². The maximum Gasteiger partial charge on any atom is 0.258 e. The minimum absolute atomic E-state index is 0.109. The van der Waals surface area contributed by atoms with Crippen molar-refractivity contribution in [2.45, 2.75) is 45.2 Å². The molecule has 1 aromatic heterocycles. The first-order valence-electron chi connectivity index (χ1n) is 15.1. The monoisotopic (exact) mass is 571 g/mol. The molecule has 7 heteroatoms. The zero-order valence-corrected chi connectivity index (χ0v) is 24.5. The molecule has 2 aliphatic rings. The van der Waals surface area contributed by atoms with Crippen molar-refractivity contribution < 1.29 is 9.59 Å². The topological polar surface area (TPSA) is 86.4 Å². The highest BCUT2D eigenvalue weighted by Gasteiger charge is 2.30. The maximum atomic E-state index is 13.5. The van der Waals surface area contributed by atoms with E-state index in [4.69, 9.17) is 0 Å². The molecule has 0 bridgehead atoms. The van der Waals surface area contributed by atoms with Crippen molar-refractivity contribution in [1.29, 1.82) is 0 Å². The molecule has 0 spiro atoms. The molecule has 0 aliphatic carbocycles.